The molecule has 0 aromatic carbocycles. The summed E-state index contributed by atoms with van der Waals surface area (Å²) in [4.78, 5) is 26.6. The molecule has 0 unspecified atom stereocenters. The van der Waals surface area contributed by atoms with Crippen LogP contribution in [0.5, 0.6) is 0 Å². The molecule has 21 atom stereocenters. The quantitative estimate of drug-likeness (QED) is 0.101. The third kappa shape index (κ3) is 8.01. The smallest absolute Gasteiger partial charge is 0.333 e. The van der Waals surface area contributed by atoms with E-state index < -0.39 is 75.8 Å². The average molecular weight is 905 g/mol. The van der Waals surface area contributed by atoms with E-state index in [-0.39, 0.29) is 86.2 Å². The molecule has 364 valence electrons. The van der Waals surface area contributed by atoms with Gasteiger partial charge in [0, 0.05) is 45.7 Å². The second-order valence-corrected chi connectivity index (χ2v) is 21.7. The van der Waals surface area contributed by atoms with Gasteiger partial charge < -0.3 is 58.7 Å². The maximum atomic E-state index is 13.4. The van der Waals surface area contributed by atoms with Gasteiger partial charge in [-0.15, -0.1) is 0 Å². The summed E-state index contributed by atoms with van der Waals surface area (Å²) in [5, 5.41) is 59.4. The fourth-order valence-electron chi connectivity index (χ4n) is 14.2. The van der Waals surface area contributed by atoms with Gasteiger partial charge in [-0.05, 0) is 115 Å². The van der Waals surface area contributed by atoms with Crippen LogP contribution in [0.3, 0.4) is 0 Å². The summed E-state index contributed by atoms with van der Waals surface area (Å²) in [5.41, 5.74) is -6.24. The van der Waals surface area contributed by atoms with Crippen LogP contribution in [0.4, 0.5) is 0 Å². The van der Waals surface area contributed by atoms with Crippen molar-refractivity contribution in [2.45, 2.75) is 222 Å². The summed E-state index contributed by atoms with van der Waals surface area (Å²) in [6.07, 6.45) is 4.51. The summed E-state index contributed by atoms with van der Waals surface area (Å²) in [7, 11) is 4.93. The highest BCUT2D eigenvalue weighted by Gasteiger charge is 2.81. The van der Waals surface area contributed by atoms with Crippen LogP contribution in [0, 0.1) is 34.5 Å². The molecular weight excluding hydrogens is 825 g/mol. The summed E-state index contributed by atoms with van der Waals surface area (Å²) in [5.74, 6) is -1.45. The Hall–Kier alpha value is -1.82. The van der Waals surface area contributed by atoms with Crippen molar-refractivity contribution in [2.24, 2.45) is 34.5 Å². The van der Waals surface area contributed by atoms with Crippen LogP contribution >= 0.6 is 0 Å². The molecule has 0 amide bonds. The van der Waals surface area contributed by atoms with Crippen molar-refractivity contribution in [2.75, 3.05) is 21.3 Å². The molecule has 14 heteroatoms. The predicted molar refractivity (Wildman–Crippen MR) is 236 cm³/mol. The Kier molecular flexibility index (Phi) is 14.5. The van der Waals surface area contributed by atoms with Crippen molar-refractivity contribution < 1.29 is 68.3 Å². The lowest BCUT2D eigenvalue weighted by atomic mass is 9.42. The average Bonchev–Trinajstić information content (AvgIpc) is 3.49. The lowest BCUT2D eigenvalue weighted by molar-refractivity contribution is -0.314. The van der Waals surface area contributed by atoms with Crippen LogP contribution in [0.1, 0.15) is 132 Å². The zero-order chi connectivity index (χ0) is 46.9. The van der Waals surface area contributed by atoms with Crippen LogP contribution in [-0.2, 0) is 42.7 Å². The number of fused-ring (bicyclic) bond motifs is 5. The van der Waals surface area contributed by atoms with Gasteiger partial charge in [0.1, 0.15) is 35.1 Å². The number of hydrogen-bond acceptors (Lipinski definition) is 14. The first kappa shape index (κ1) is 50.1. The van der Waals surface area contributed by atoms with Crippen molar-refractivity contribution >= 4 is 11.8 Å². The Morgan fingerprint density at radius 3 is 1.89 bits per heavy atom. The van der Waals surface area contributed by atoms with E-state index in [4.69, 9.17) is 33.2 Å². The van der Waals surface area contributed by atoms with Gasteiger partial charge in [0.15, 0.2) is 5.78 Å². The van der Waals surface area contributed by atoms with E-state index in [1.54, 1.807) is 41.1 Å². The maximum Gasteiger partial charge on any atom is 0.333 e. The number of carbonyl (C=O) groups excluding carboxylic acids is 2. The number of methoxy groups -OCH3 is 3. The molecule has 0 heterocycles. The van der Waals surface area contributed by atoms with Gasteiger partial charge >= 0.3 is 5.97 Å². The lowest BCUT2D eigenvalue weighted by Crippen LogP contribution is -2.78. The predicted octanol–water partition coefficient (Wildman–Crippen LogP) is 4.91. The minimum absolute atomic E-state index is 0.00590. The van der Waals surface area contributed by atoms with Crippen LogP contribution in [0.25, 0.3) is 0 Å². The van der Waals surface area contributed by atoms with Crippen molar-refractivity contribution in [3.8, 4) is 0 Å². The van der Waals surface area contributed by atoms with E-state index in [0.717, 1.165) is 24.8 Å². The molecule has 0 bridgehead atoms. The van der Waals surface area contributed by atoms with Crippen molar-refractivity contribution in [1.82, 2.24) is 0 Å². The topological polar surface area (TPSA) is 200 Å². The Labute approximate surface area is 380 Å². The SMILES string of the molecule is C/C=C(\C)C(=O)O[C@@H]1C[C@@H]2[C@@]3(C)CC[C@H](O[C@H]4C[C@H](OC)[C@H](O[C@H]5C[C@H](OC)[C@H](O[C@@H]6C[C@H](C)[C@@H](O)[C@H](OC)[C@H]6O)[C@@H](C)C5)[C@@H](C)C4)CC3=CC[C@@]2(O)[C@]2(O)CC[C@@](O)(C(C)=O)[C@@]12C. The number of rotatable bonds is 12. The number of ketones is 1. The lowest BCUT2D eigenvalue weighted by Gasteiger charge is -2.67. The number of aliphatic hydroxyl groups is 5. The number of hydrogen-bond donors (Lipinski definition) is 5. The van der Waals surface area contributed by atoms with Crippen LogP contribution < -0.4 is 0 Å². The van der Waals surface area contributed by atoms with E-state index in [1.807, 2.05) is 6.92 Å². The fraction of sp³-hybridized carbons (Fsp3) is 0.880. The summed E-state index contributed by atoms with van der Waals surface area (Å²) < 4.78 is 44.3. The molecule has 6 fully saturated rings. The molecule has 6 saturated carbocycles. The molecule has 7 aliphatic rings. The molecule has 0 saturated heterocycles. The number of allylic oxidation sites excluding steroid dienone is 1. The third-order valence-electron chi connectivity index (χ3n) is 18.4. The monoisotopic (exact) mass is 905 g/mol. The summed E-state index contributed by atoms with van der Waals surface area (Å²) >= 11 is 0. The first-order chi connectivity index (χ1) is 30.1. The van der Waals surface area contributed by atoms with E-state index in [0.29, 0.717) is 37.7 Å². The summed E-state index contributed by atoms with van der Waals surface area (Å²) in [6, 6.07) is 0. The number of carbonyl (C=O) groups is 2. The van der Waals surface area contributed by atoms with E-state index in [9.17, 15) is 35.1 Å². The molecule has 0 aromatic rings. The molecule has 0 aliphatic heterocycles. The second-order valence-electron chi connectivity index (χ2n) is 21.7. The highest BCUT2D eigenvalue weighted by Crippen LogP contribution is 2.71. The standard InChI is InChI=1S/C50H80O14/c1-12-26(2)45(54)64-39-25-38-46(7)15-14-32(22-31(46)13-16-49(38,56)50(57)18-17-48(55,30(6)51)47(39,50)8)61-33-19-28(4)42(36(23-33)58-9)62-34-20-29(5)43(37(24-34)59-10)63-35-21-27(3)40(52)44(60-11)41(35)53/h12-13,27-29,32-44,52-53,55-57H,14-25H2,1-11H3/b26-12+/t27-,28-,29-,32-,33+,34+,35+,36-,37-,38+,39+,40+,41-,42+,43+,44-,46-,47+,48+,49-,50-/m0/s1. The van der Waals surface area contributed by atoms with Crippen molar-refractivity contribution in [3.63, 3.8) is 0 Å². The number of aliphatic hydroxyl groups excluding tert-OH is 2. The van der Waals surface area contributed by atoms with Gasteiger partial charge in [0.05, 0.1) is 60.4 Å². The largest absolute Gasteiger partial charge is 0.458 e. The highest BCUT2D eigenvalue weighted by atomic mass is 16.6. The Bertz CT molecular complexity index is 1770. The maximum absolute atomic E-state index is 13.4. The molecule has 0 radical (unpaired) electrons. The van der Waals surface area contributed by atoms with Gasteiger partial charge in [-0.1, -0.05) is 45.4 Å². The Morgan fingerprint density at radius 1 is 0.703 bits per heavy atom. The number of esters is 1. The Morgan fingerprint density at radius 2 is 1.31 bits per heavy atom. The molecule has 64 heavy (non-hydrogen) atoms. The van der Waals surface area contributed by atoms with E-state index in [2.05, 4.69) is 26.8 Å². The molecule has 14 nitrogen and oxygen atoms in total. The minimum Gasteiger partial charge on any atom is -0.458 e. The second kappa shape index (κ2) is 18.6. The molecule has 0 spiro atoms. The molecule has 0 aromatic heterocycles. The zero-order valence-electron chi connectivity index (χ0n) is 40.3. The third-order valence-corrected chi connectivity index (χ3v) is 18.4. The summed E-state index contributed by atoms with van der Waals surface area (Å²) in [6.45, 7) is 14.7. The van der Waals surface area contributed by atoms with Crippen molar-refractivity contribution in [3.05, 3.63) is 23.3 Å². The minimum atomic E-state index is -1.99. The van der Waals surface area contributed by atoms with Gasteiger partial charge in [-0.2, -0.15) is 0 Å². The molecular formula is C50H80O14. The number of ether oxygens (including phenoxy) is 7. The van der Waals surface area contributed by atoms with E-state index in [1.165, 1.54) is 14.0 Å². The Balaban J connectivity index is 1.01. The van der Waals surface area contributed by atoms with Gasteiger partial charge in [0.25, 0.3) is 0 Å². The fourth-order valence-corrected chi connectivity index (χ4v) is 14.2. The zero-order valence-corrected chi connectivity index (χ0v) is 40.3. The van der Waals surface area contributed by atoms with Gasteiger partial charge in [0.2, 0.25) is 0 Å². The van der Waals surface area contributed by atoms with Crippen molar-refractivity contribution in [1.29, 1.82) is 0 Å². The molecule has 5 N–H and O–H groups in total. The molecule has 7 rings (SSSR count). The van der Waals surface area contributed by atoms with Crippen LogP contribution in [0.2, 0.25) is 0 Å². The van der Waals surface area contributed by atoms with Crippen LogP contribution in [0.15, 0.2) is 23.3 Å². The molecule has 7 aliphatic carbocycles. The van der Waals surface area contributed by atoms with E-state index >= 15 is 0 Å². The first-order valence-corrected chi connectivity index (χ1v) is 24.2. The van der Waals surface area contributed by atoms with Gasteiger partial charge in [-0.3, -0.25) is 4.79 Å². The highest BCUT2D eigenvalue weighted by molar-refractivity contribution is 5.89. The van der Waals surface area contributed by atoms with Gasteiger partial charge in [-0.25, -0.2) is 4.79 Å². The first-order valence-electron chi connectivity index (χ1n) is 24.2. The normalized spacial score (nSPS) is 50.8. The van der Waals surface area contributed by atoms with Crippen LogP contribution in [-0.4, -0.2) is 149 Å². The number of Topliss-reactive ketones (excluding diaryl/α,β-unsaturated/α-hetero) is 1.